The van der Waals surface area contributed by atoms with E-state index in [1.165, 1.54) is 5.56 Å². The van der Waals surface area contributed by atoms with Gasteiger partial charge in [-0.2, -0.15) is 0 Å². The van der Waals surface area contributed by atoms with Crippen LogP contribution in [0.5, 0.6) is 0 Å². The van der Waals surface area contributed by atoms with E-state index in [0.29, 0.717) is 25.7 Å². The lowest BCUT2D eigenvalue weighted by Crippen LogP contribution is -2.47. The first-order valence-corrected chi connectivity index (χ1v) is 9.75. The van der Waals surface area contributed by atoms with Gasteiger partial charge >= 0.3 is 6.09 Å². The molecule has 0 spiro atoms. The molecule has 2 rings (SSSR count). The average molecular weight is 377 g/mol. The average Bonchev–Trinajstić information content (AvgIpc) is 2.67. The van der Waals surface area contributed by atoms with Gasteiger partial charge in [0.05, 0.1) is 6.61 Å². The minimum atomic E-state index is -0.479. The maximum absolute atomic E-state index is 11.8. The lowest BCUT2D eigenvalue weighted by molar-refractivity contribution is -0.120. The highest BCUT2D eigenvalue weighted by Crippen LogP contribution is 2.24. The summed E-state index contributed by atoms with van der Waals surface area (Å²) in [6.07, 6.45) is 0.691. The summed E-state index contributed by atoms with van der Waals surface area (Å²) in [6, 6.07) is 11.0. The highest BCUT2D eigenvalue weighted by Gasteiger charge is 2.25. The lowest BCUT2D eigenvalue weighted by atomic mass is 10.0. The van der Waals surface area contributed by atoms with Crippen molar-refractivity contribution in [3.05, 3.63) is 35.9 Å². The minimum Gasteiger partial charge on any atom is -0.450 e. The van der Waals surface area contributed by atoms with Crippen LogP contribution in [0.15, 0.2) is 30.3 Å². The van der Waals surface area contributed by atoms with Crippen molar-refractivity contribution >= 4 is 12.0 Å². The molecule has 1 unspecified atom stereocenters. The molecular formula is C20H32N4O3. The summed E-state index contributed by atoms with van der Waals surface area (Å²) in [7, 11) is 2.16. The third-order valence-corrected chi connectivity index (χ3v) is 4.72. The number of hydrogen-bond acceptors (Lipinski definition) is 5. The number of likely N-dealkylation sites (N-methyl/N-ethyl adjacent to an activating group) is 1. The van der Waals surface area contributed by atoms with Crippen molar-refractivity contribution in [3.8, 4) is 0 Å². The first-order chi connectivity index (χ1) is 13.1. The molecule has 0 radical (unpaired) electrons. The van der Waals surface area contributed by atoms with Gasteiger partial charge < -0.3 is 20.3 Å². The SMILES string of the molecule is CCOC(=O)NCCC(=O)NCCCN1CCN(C)CC1c1ccccc1. The maximum Gasteiger partial charge on any atom is 0.407 e. The van der Waals surface area contributed by atoms with Gasteiger partial charge in [0.25, 0.3) is 0 Å². The van der Waals surface area contributed by atoms with E-state index in [0.717, 1.165) is 32.6 Å². The first kappa shape index (κ1) is 21.2. The van der Waals surface area contributed by atoms with Crippen LogP contribution in [0, 0.1) is 0 Å². The standard InChI is InChI=1S/C20H32N4O3/c1-3-27-20(26)22-12-10-19(25)21-11-7-13-24-15-14-23(2)16-18(24)17-8-5-4-6-9-17/h4-6,8-9,18H,3,7,10-16H2,1-2H3,(H,21,25)(H,22,26). The Morgan fingerprint density at radius 1 is 1.15 bits per heavy atom. The van der Waals surface area contributed by atoms with Crippen LogP contribution in [0.25, 0.3) is 0 Å². The molecule has 1 saturated heterocycles. The van der Waals surface area contributed by atoms with E-state index >= 15 is 0 Å². The zero-order valence-corrected chi connectivity index (χ0v) is 16.4. The second kappa shape index (κ2) is 11.6. The quantitative estimate of drug-likeness (QED) is 0.641. The molecule has 0 aromatic heterocycles. The number of rotatable bonds is 9. The Hall–Kier alpha value is -2.12. The molecule has 0 aliphatic carbocycles. The van der Waals surface area contributed by atoms with Crippen LogP contribution in [-0.2, 0) is 9.53 Å². The molecule has 7 nitrogen and oxygen atoms in total. The smallest absolute Gasteiger partial charge is 0.407 e. The summed E-state index contributed by atoms with van der Waals surface area (Å²) < 4.78 is 4.75. The Balaban J connectivity index is 1.67. The zero-order valence-electron chi connectivity index (χ0n) is 16.4. The maximum atomic E-state index is 11.8. The normalized spacial score (nSPS) is 18.1. The number of nitrogens with one attached hydrogen (secondary N) is 2. The van der Waals surface area contributed by atoms with Crippen LogP contribution >= 0.6 is 0 Å². The topological polar surface area (TPSA) is 73.9 Å². The van der Waals surface area contributed by atoms with E-state index < -0.39 is 6.09 Å². The molecule has 1 aliphatic rings. The largest absolute Gasteiger partial charge is 0.450 e. The predicted molar refractivity (Wildman–Crippen MR) is 106 cm³/mol. The molecule has 0 bridgehead atoms. The van der Waals surface area contributed by atoms with Crippen molar-refractivity contribution in [2.24, 2.45) is 0 Å². The van der Waals surface area contributed by atoms with Crippen LogP contribution in [0.4, 0.5) is 4.79 Å². The van der Waals surface area contributed by atoms with E-state index in [9.17, 15) is 9.59 Å². The van der Waals surface area contributed by atoms with Gasteiger partial charge in [0.2, 0.25) is 5.91 Å². The van der Waals surface area contributed by atoms with Crippen molar-refractivity contribution in [2.45, 2.75) is 25.8 Å². The van der Waals surface area contributed by atoms with Crippen LogP contribution in [-0.4, -0.2) is 74.7 Å². The molecule has 2 N–H and O–H groups in total. The highest BCUT2D eigenvalue weighted by atomic mass is 16.5. The van der Waals surface area contributed by atoms with Crippen molar-refractivity contribution in [2.75, 3.05) is 52.9 Å². The molecule has 1 heterocycles. The summed E-state index contributed by atoms with van der Waals surface area (Å²) in [5.41, 5.74) is 1.35. The monoisotopic (exact) mass is 376 g/mol. The highest BCUT2D eigenvalue weighted by molar-refractivity contribution is 5.76. The first-order valence-electron chi connectivity index (χ1n) is 9.75. The minimum absolute atomic E-state index is 0.0511. The number of carbonyl (C=O) groups excluding carboxylic acids is 2. The number of ether oxygens (including phenoxy) is 1. The molecule has 2 amide bonds. The molecule has 27 heavy (non-hydrogen) atoms. The van der Waals surface area contributed by atoms with Gasteiger partial charge in [-0.3, -0.25) is 9.69 Å². The third-order valence-electron chi connectivity index (χ3n) is 4.72. The Morgan fingerprint density at radius 3 is 2.67 bits per heavy atom. The molecular weight excluding hydrogens is 344 g/mol. The summed E-state index contributed by atoms with van der Waals surface area (Å²) >= 11 is 0. The van der Waals surface area contributed by atoms with Gasteiger partial charge in [0.15, 0.2) is 0 Å². The molecule has 1 fully saturated rings. The van der Waals surface area contributed by atoms with Crippen LogP contribution < -0.4 is 10.6 Å². The number of amides is 2. The number of benzene rings is 1. The predicted octanol–water partition coefficient (Wildman–Crippen LogP) is 1.62. The zero-order chi connectivity index (χ0) is 19.5. The van der Waals surface area contributed by atoms with E-state index in [4.69, 9.17) is 4.74 Å². The molecule has 150 valence electrons. The number of alkyl carbamates (subject to hydrolysis) is 1. The van der Waals surface area contributed by atoms with E-state index in [2.05, 4.69) is 51.7 Å². The van der Waals surface area contributed by atoms with Gasteiger partial charge in [-0.25, -0.2) is 4.79 Å². The molecule has 0 saturated carbocycles. The van der Waals surface area contributed by atoms with Crippen molar-refractivity contribution in [1.29, 1.82) is 0 Å². The number of piperazine rings is 1. The number of carbonyl (C=O) groups is 2. The fraction of sp³-hybridized carbons (Fsp3) is 0.600. The van der Waals surface area contributed by atoms with Gasteiger partial charge in [-0.15, -0.1) is 0 Å². The Labute approximate surface area is 162 Å². The summed E-state index contributed by atoms with van der Waals surface area (Å²) in [4.78, 5) is 27.9. The van der Waals surface area contributed by atoms with Crippen LogP contribution in [0.1, 0.15) is 31.4 Å². The molecule has 7 heteroatoms. The summed E-state index contributed by atoms with van der Waals surface area (Å²) in [5, 5.41) is 5.47. The van der Waals surface area contributed by atoms with E-state index in [-0.39, 0.29) is 12.3 Å². The number of hydrogen-bond donors (Lipinski definition) is 2. The fourth-order valence-corrected chi connectivity index (χ4v) is 3.27. The lowest BCUT2D eigenvalue weighted by Gasteiger charge is -2.40. The Morgan fingerprint density at radius 2 is 1.93 bits per heavy atom. The second-order valence-electron chi connectivity index (χ2n) is 6.83. The third kappa shape index (κ3) is 7.56. The van der Waals surface area contributed by atoms with Crippen molar-refractivity contribution in [3.63, 3.8) is 0 Å². The van der Waals surface area contributed by atoms with Gasteiger partial charge in [0, 0.05) is 51.7 Å². The second-order valence-corrected chi connectivity index (χ2v) is 6.83. The molecule has 1 atom stereocenters. The van der Waals surface area contributed by atoms with Crippen molar-refractivity contribution in [1.82, 2.24) is 20.4 Å². The van der Waals surface area contributed by atoms with Crippen molar-refractivity contribution < 1.29 is 14.3 Å². The fourth-order valence-electron chi connectivity index (χ4n) is 3.27. The van der Waals surface area contributed by atoms with Gasteiger partial charge in [0.1, 0.15) is 0 Å². The van der Waals surface area contributed by atoms with E-state index in [1.807, 2.05) is 6.07 Å². The molecule has 1 aromatic carbocycles. The Bertz CT molecular complexity index is 582. The summed E-state index contributed by atoms with van der Waals surface area (Å²) in [6.45, 7) is 7.09. The van der Waals surface area contributed by atoms with Crippen LogP contribution in [0.2, 0.25) is 0 Å². The van der Waals surface area contributed by atoms with Crippen LogP contribution in [0.3, 0.4) is 0 Å². The molecule has 1 aromatic rings. The Kier molecular flexibility index (Phi) is 9.07. The van der Waals surface area contributed by atoms with Gasteiger partial charge in [-0.1, -0.05) is 30.3 Å². The van der Waals surface area contributed by atoms with E-state index in [1.54, 1.807) is 6.92 Å². The number of nitrogens with zero attached hydrogens (tertiary/aromatic N) is 2. The van der Waals surface area contributed by atoms with Gasteiger partial charge in [-0.05, 0) is 26.0 Å². The summed E-state index contributed by atoms with van der Waals surface area (Å²) in [5.74, 6) is -0.0511. The molecule has 1 aliphatic heterocycles.